The van der Waals surface area contributed by atoms with E-state index in [-0.39, 0.29) is 17.6 Å². The topological polar surface area (TPSA) is 96.4 Å². The van der Waals surface area contributed by atoms with Crippen molar-refractivity contribution < 1.29 is 9.21 Å². The van der Waals surface area contributed by atoms with Gasteiger partial charge >= 0.3 is 0 Å². The number of halogens is 1. The lowest BCUT2D eigenvalue weighted by Crippen LogP contribution is -2.43. The lowest BCUT2D eigenvalue weighted by atomic mass is 10.2. The number of piperazine rings is 1. The molecule has 0 aliphatic carbocycles. The Labute approximate surface area is 136 Å². The number of carbonyl (C=O) groups excluding carboxylic acids is 1. The van der Waals surface area contributed by atoms with E-state index in [9.17, 15) is 4.79 Å². The van der Waals surface area contributed by atoms with Crippen LogP contribution in [0.5, 0.6) is 0 Å². The Morgan fingerprint density at radius 1 is 1.41 bits per heavy atom. The van der Waals surface area contributed by atoms with E-state index in [1.165, 1.54) is 6.26 Å². The van der Waals surface area contributed by atoms with Gasteiger partial charge in [-0.3, -0.25) is 4.79 Å². The molecule has 0 atom stereocenters. The molecule has 1 aliphatic rings. The Kier molecular flexibility index (Phi) is 4.30. The summed E-state index contributed by atoms with van der Waals surface area (Å²) < 4.78 is 5.65. The Balaban J connectivity index is 1.79. The van der Waals surface area contributed by atoms with Crippen LogP contribution in [0.15, 0.2) is 33.4 Å². The molecule has 1 saturated heterocycles. The Hall–Kier alpha value is -2.06. The highest BCUT2D eigenvalue weighted by molar-refractivity contribution is 9.10. The minimum Gasteiger partial charge on any atom is -0.431 e. The summed E-state index contributed by atoms with van der Waals surface area (Å²) in [6.45, 7) is 3.79. The number of hydrogen-bond donors (Lipinski definition) is 3. The van der Waals surface area contributed by atoms with Crippen LogP contribution in [0, 0.1) is 0 Å². The smallest absolute Gasteiger partial charge is 0.292 e. The second-order valence-corrected chi connectivity index (χ2v) is 5.78. The fourth-order valence-electron chi connectivity index (χ4n) is 2.31. The lowest BCUT2D eigenvalue weighted by Gasteiger charge is -2.29. The normalized spacial score (nSPS) is 14.9. The monoisotopic (exact) mass is 365 g/mol. The second kappa shape index (κ2) is 6.37. The van der Waals surface area contributed by atoms with Crippen molar-refractivity contribution in [1.82, 2.24) is 10.3 Å². The number of nitrogens with two attached hydrogens (primary N) is 1. The van der Waals surface area contributed by atoms with Crippen LogP contribution in [0.1, 0.15) is 10.5 Å². The first-order valence-corrected chi connectivity index (χ1v) is 7.70. The van der Waals surface area contributed by atoms with Crippen molar-refractivity contribution in [3.8, 4) is 0 Å². The van der Waals surface area contributed by atoms with E-state index in [1.54, 1.807) is 0 Å². The molecule has 0 bridgehead atoms. The molecule has 2 heterocycles. The number of amides is 1. The maximum atomic E-state index is 12.1. The number of carbonyl (C=O) groups is 1. The zero-order valence-electron chi connectivity index (χ0n) is 11.8. The van der Waals surface area contributed by atoms with E-state index in [0.29, 0.717) is 5.69 Å². The van der Waals surface area contributed by atoms with Crippen LogP contribution in [0.2, 0.25) is 0 Å². The first kappa shape index (κ1) is 14.9. The van der Waals surface area contributed by atoms with Gasteiger partial charge < -0.3 is 25.7 Å². The Bertz CT molecular complexity index is 682. The molecule has 3 rings (SSSR count). The van der Waals surface area contributed by atoms with Crippen LogP contribution in [-0.2, 0) is 0 Å². The zero-order chi connectivity index (χ0) is 15.5. The highest BCUT2D eigenvalue weighted by Crippen LogP contribution is 2.28. The number of nitrogens with zero attached hydrogens (tertiary/aromatic N) is 2. The first-order valence-electron chi connectivity index (χ1n) is 6.91. The summed E-state index contributed by atoms with van der Waals surface area (Å²) in [6, 6.07) is 5.86. The number of rotatable bonds is 3. The SMILES string of the molecule is Nc1nc(C(=O)Nc2cc(N3CCNCC3)ccc2Br)co1. The van der Waals surface area contributed by atoms with E-state index >= 15 is 0 Å². The number of anilines is 3. The van der Waals surface area contributed by atoms with Crippen LogP contribution in [-0.4, -0.2) is 37.1 Å². The van der Waals surface area contributed by atoms with Crippen molar-refractivity contribution in [3.05, 3.63) is 34.6 Å². The fourth-order valence-corrected chi connectivity index (χ4v) is 2.65. The summed E-state index contributed by atoms with van der Waals surface area (Å²) in [5.74, 6) is -0.362. The maximum absolute atomic E-state index is 12.1. The summed E-state index contributed by atoms with van der Waals surface area (Å²) in [7, 11) is 0. The molecule has 0 spiro atoms. The van der Waals surface area contributed by atoms with Crippen LogP contribution in [0.4, 0.5) is 17.4 Å². The van der Waals surface area contributed by atoms with Gasteiger partial charge in [-0.05, 0) is 34.1 Å². The molecule has 4 N–H and O–H groups in total. The van der Waals surface area contributed by atoms with Crippen molar-refractivity contribution in [2.75, 3.05) is 42.1 Å². The number of nitrogens with one attached hydrogen (secondary N) is 2. The number of hydrogen-bond acceptors (Lipinski definition) is 6. The van der Waals surface area contributed by atoms with Gasteiger partial charge in [-0.2, -0.15) is 4.98 Å². The van der Waals surface area contributed by atoms with Gasteiger partial charge in [0.1, 0.15) is 6.26 Å². The summed E-state index contributed by atoms with van der Waals surface area (Å²) >= 11 is 3.45. The number of benzene rings is 1. The molecular formula is C14H16BrN5O2. The van der Waals surface area contributed by atoms with E-state index in [2.05, 4.69) is 36.4 Å². The molecule has 1 amide bonds. The molecule has 116 valence electrons. The summed E-state index contributed by atoms with van der Waals surface area (Å²) in [5, 5.41) is 6.13. The molecule has 0 saturated carbocycles. The second-order valence-electron chi connectivity index (χ2n) is 4.93. The molecule has 8 heteroatoms. The van der Waals surface area contributed by atoms with Gasteiger partial charge in [-0.15, -0.1) is 0 Å². The van der Waals surface area contributed by atoms with Gasteiger partial charge in [0.2, 0.25) is 0 Å². The van der Waals surface area contributed by atoms with Gasteiger partial charge in [0.15, 0.2) is 5.69 Å². The van der Waals surface area contributed by atoms with Crippen LogP contribution < -0.4 is 21.3 Å². The number of nitrogen functional groups attached to an aromatic ring is 1. The maximum Gasteiger partial charge on any atom is 0.292 e. The van der Waals surface area contributed by atoms with Crippen LogP contribution in [0.25, 0.3) is 0 Å². The van der Waals surface area contributed by atoms with Crippen molar-refractivity contribution in [2.45, 2.75) is 0 Å². The van der Waals surface area contributed by atoms with Gasteiger partial charge in [-0.25, -0.2) is 0 Å². The predicted molar refractivity (Wildman–Crippen MR) is 88.1 cm³/mol. The van der Waals surface area contributed by atoms with Crippen LogP contribution >= 0.6 is 15.9 Å². The molecule has 1 aromatic heterocycles. The predicted octanol–water partition coefficient (Wildman–Crippen LogP) is 1.68. The third kappa shape index (κ3) is 3.23. The van der Waals surface area contributed by atoms with Crippen molar-refractivity contribution in [2.24, 2.45) is 0 Å². The van der Waals surface area contributed by atoms with E-state index in [0.717, 1.165) is 36.3 Å². The number of oxazole rings is 1. The summed E-state index contributed by atoms with van der Waals surface area (Å²) in [4.78, 5) is 18.2. The molecule has 1 aliphatic heterocycles. The highest BCUT2D eigenvalue weighted by Gasteiger charge is 2.15. The molecule has 0 radical (unpaired) electrons. The summed E-state index contributed by atoms with van der Waals surface area (Å²) in [5.41, 5.74) is 7.28. The molecule has 2 aromatic rings. The average Bonchev–Trinajstić information content (AvgIpc) is 2.97. The van der Waals surface area contributed by atoms with Crippen molar-refractivity contribution in [3.63, 3.8) is 0 Å². The molecular weight excluding hydrogens is 350 g/mol. The molecule has 22 heavy (non-hydrogen) atoms. The third-order valence-electron chi connectivity index (χ3n) is 3.43. The van der Waals surface area contributed by atoms with E-state index < -0.39 is 0 Å². The molecule has 1 aromatic carbocycles. The Morgan fingerprint density at radius 3 is 2.86 bits per heavy atom. The minimum absolute atomic E-state index is 0.0289. The average molecular weight is 366 g/mol. The van der Waals surface area contributed by atoms with Crippen LogP contribution in [0.3, 0.4) is 0 Å². The van der Waals surface area contributed by atoms with Gasteiger partial charge in [-0.1, -0.05) is 0 Å². The largest absolute Gasteiger partial charge is 0.431 e. The summed E-state index contributed by atoms with van der Waals surface area (Å²) in [6.07, 6.45) is 1.23. The fraction of sp³-hybridized carbons (Fsp3) is 0.286. The standard InChI is InChI=1S/C14H16BrN5O2/c15-10-2-1-9(20-5-3-17-4-6-20)7-11(10)18-13(21)12-8-22-14(16)19-12/h1-2,7-8,17H,3-6H2,(H2,16,19)(H,18,21). The van der Waals surface area contributed by atoms with E-state index in [1.807, 2.05) is 18.2 Å². The lowest BCUT2D eigenvalue weighted by molar-refractivity contribution is 0.102. The molecule has 7 nitrogen and oxygen atoms in total. The Morgan fingerprint density at radius 2 is 2.18 bits per heavy atom. The molecule has 0 unspecified atom stereocenters. The molecule has 1 fully saturated rings. The van der Waals surface area contributed by atoms with Crippen molar-refractivity contribution in [1.29, 1.82) is 0 Å². The van der Waals surface area contributed by atoms with Crippen molar-refractivity contribution >= 4 is 39.2 Å². The minimum atomic E-state index is -0.362. The quantitative estimate of drug-likeness (QED) is 0.765. The zero-order valence-corrected chi connectivity index (χ0v) is 13.4. The van der Waals surface area contributed by atoms with Gasteiger partial charge in [0.05, 0.1) is 5.69 Å². The van der Waals surface area contributed by atoms with Gasteiger partial charge in [0.25, 0.3) is 11.9 Å². The highest BCUT2D eigenvalue weighted by atomic mass is 79.9. The van der Waals surface area contributed by atoms with E-state index in [4.69, 9.17) is 10.2 Å². The third-order valence-corrected chi connectivity index (χ3v) is 4.13. The first-order chi connectivity index (χ1) is 10.6. The number of aromatic nitrogens is 1. The van der Waals surface area contributed by atoms with Gasteiger partial charge in [0, 0.05) is 36.3 Å².